The van der Waals surface area contributed by atoms with Crippen LogP contribution in [0.2, 0.25) is 0 Å². The summed E-state index contributed by atoms with van der Waals surface area (Å²) in [5.74, 6) is 1.88. The number of nitrogens with zero attached hydrogens (tertiary/aromatic N) is 1. The summed E-state index contributed by atoms with van der Waals surface area (Å²) in [7, 11) is -1.56. The zero-order valence-electron chi connectivity index (χ0n) is 8.93. The molecule has 0 aliphatic carbocycles. The van der Waals surface area contributed by atoms with Crippen LogP contribution < -0.4 is 5.73 Å². The van der Waals surface area contributed by atoms with E-state index in [1.165, 1.54) is 11.9 Å². The van der Waals surface area contributed by atoms with Gasteiger partial charge in [-0.25, -0.2) is 8.42 Å². The highest BCUT2D eigenvalue weighted by atomic mass is 32.2. The fraction of sp³-hybridized carbons (Fsp3) is 0.667. The van der Waals surface area contributed by atoms with Crippen molar-refractivity contribution in [1.29, 1.82) is 0 Å². The van der Waals surface area contributed by atoms with Crippen molar-refractivity contribution in [2.75, 3.05) is 25.6 Å². The van der Waals surface area contributed by atoms with Crippen LogP contribution in [-0.2, 0) is 14.6 Å². The Kier molecular flexibility index (Phi) is 5.33. The molecule has 15 heavy (non-hydrogen) atoms. The first-order valence-corrected chi connectivity index (χ1v) is 6.45. The largest absolute Gasteiger partial charge is 0.343 e. The average molecular weight is 232 g/mol. The molecule has 0 heterocycles. The van der Waals surface area contributed by atoms with Crippen molar-refractivity contribution in [3.05, 3.63) is 0 Å². The number of rotatable bonds is 5. The Morgan fingerprint density at radius 2 is 2.13 bits per heavy atom. The summed E-state index contributed by atoms with van der Waals surface area (Å²) in [5, 5.41) is 0. The molecule has 0 fully saturated rings. The van der Waals surface area contributed by atoms with Crippen molar-refractivity contribution in [2.45, 2.75) is 12.5 Å². The number of carbonyl (C=O) groups excluding carboxylic acids is 1. The fourth-order valence-corrected chi connectivity index (χ4v) is 1.52. The molecule has 0 saturated carbocycles. The number of nitrogens with two attached hydrogens (primary N) is 1. The Morgan fingerprint density at radius 3 is 2.53 bits per heavy atom. The Labute approximate surface area is 90.5 Å². The van der Waals surface area contributed by atoms with Gasteiger partial charge in [-0.05, 0) is 0 Å². The molecule has 0 aromatic carbocycles. The van der Waals surface area contributed by atoms with Gasteiger partial charge in [-0.15, -0.1) is 12.3 Å². The predicted octanol–water partition coefficient (Wildman–Crippen LogP) is -1.16. The topological polar surface area (TPSA) is 80.5 Å². The molecule has 1 unspecified atom stereocenters. The van der Waals surface area contributed by atoms with Crippen LogP contribution in [0.1, 0.15) is 6.42 Å². The maximum absolute atomic E-state index is 11.5. The molecule has 1 amide bonds. The van der Waals surface area contributed by atoms with Gasteiger partial charge in [0.1, 0.15) is 9.84 Å². The first-order chi connectivity index (χ1) is 6.78. The molecule has 0 saturated heterocycles. The third kappa shape index (κ3) is 6.10. The number of amides is 1. The van der Waals surface area contributed by atoms with Gasteiger partial charge in [-0.1, -0.05) is 0 Å². The molecule has 0 aromatic heterocycles. The number of carbonyl (C=O) groups is 1. The van der Waals surface area contributed by atoms with Crippen LogP contribution in [0.15, 0.2) is 0 Å². The highest BCUT2D eigenvalue weighted by molar-refractivity contribution is 7.90. The van der Waals surface area contributed by atoms with Gasteiger partial charge in [-0.3, -0.25) is 4.79 Å². The quantitative estimate of drug-likeness (QED) is 0.606. The minimum absolute atomic E-state index is 0.0714. The molecule has 0 aliphatic rings. The van der Waals surface area contributed by atoms with Crippen LogP contribution in [-0.4, -0.2) is 50.9 Å². The fourth-order valence-electron chi connectivity index (χ4n) is 0.910. The Hall–Kier alpha value is -1.06. The average Bonchev–Trinajstić information content (AvgIpc) is 2.12. The highest BCUT2D eigenvalue weighted by Crippen LogP contribution is 1.95. The van der Waals surface area contributed by atoms with Crippen molar-refractivity contribution >= 4 is 15.7 Å². The minimum atomic E-state index is -3.07. The maximum atomic E-state index is 11.5. The predicted molar refractivity (Wildman–Crippen MR) is 58.8 cm³/mol. The smallest absolute Gasteiger partial charge is 0.240 e. The summed E-state index contributed by atoms with van der Waals surface area (Å²) in [6, 6.07) is -0.750. The third-order valence-corrected chi connectivity index (χ3v) is 2.75. The zero-order chi connectivity index (χ0) is 12.1. The summed E-state index contributed by atoms with van der Waals surface area (Å²) in [6.07, 6.45) is 6.29. The van der Waals surface area contributed by atoms with E-state index in [0.29, 0.717) is 0 Å². The van der Waals surface area contributed by atoms with E-state index in [-0.39, 0.29) is 24.6 Å². The second-order valence-corrected chi connectivity index (χ2v) is 5.66. The number of sulfone groups is 1. The van der Waals surface area contributed by atoms with E-state index in [4.69, 9.17) is 12.2 Å². The molecule has 86 valence electrons. The summed E-state index contributed by atoms with van der Waals surface area (Å²) < 4.78 is 21.7. The lowest BCUT2D eigenvalue weighted by atomic mass is 10.2. The summed E-state index contributed by atoms with van der Waals surface area (Å²) >= 11 is 0. The highest BCUT2D eigenvalue weighted by Gasteiger charge is 2.17. The number of hydrogen-bond donors (Lipinski definition) is 1. The molecular weight excluding hydrogens is 216 g/mol. The number of terminal acetylenes is 1. The van der Waals surface area contributed by atoms with Crippen molar-refractivity contribution in [3.63, 3.8) is 0 Å². The third-order valence-electron chi connectivity index (χ3n) is 1.83. The van der Waals surface area contributed by atoms with Gasteiger partial charge in [0.25, 0.3) is 0 Å². The first kappa shape index (κ1) is 13.9. The Balaban J connectivity index is 4.17. The molecule has 0 aliphatic heterocycles. The van der Waals surface area contributed by atoms with Crippen molar-refractivity contribution in [1.82, 2.24) is 4.90 Å². The lowest BCUT2D eigenvalue weighted by Crippen LogP contribution is -2.43. The molecule has 0 spiro atoms. The zero-order valence-corrected chi connectivity index (χ0v) is 9.75. The monoisotopic (exact) mass is 232 g/mol. The van der Waals surface area contributed by atoms with Gasteiger partial charge in [0, 0.05) is 26.3 Å². The molecule has 2 N–H and O–H groups in total. The van der Waals surface area contributed by atoms with Gasteiger partial charge in [0.15, 0.2) is 0 Å². The standard InChI is InChI=1S/C9H16N2O3S/c1-4-5-8(10)9(12)11(2)6-7-15(3,13)14/h1,8H,5-7,10H2,2-3H3. The summed E-state index contributed by atoms with van der Waals surface area (Å²) in [6.45, 7) is 0.135. The maximum Gasteiger partial charge on any atom is 0.240 e. The van der Waals surface area contributed by atoms with Crippen LogP contribution in [0.3, 0.4) is 0 Å². The number of hydrogen-bond acceptors (Lipinski definition) is 4. The number of likely N-dealkylation sites (N-methyl/N-ethyl adjacent to an activating group) is 1. The van der Waals surface area contributed by atoms with E-state index in [1.807, 2.05) is 0 Å². The van der Waals surface area contributed by atoms with Gasteiger partial charge in [0.05, 0.1) is 11.8 Å². The normalized spacial score (nSPS) is 12.9. The summed E-state index contributed by atoms with van der Waals surface area (Å²) in [4.78, 5) is 12.7. The van der Waals surface area contributed by atoms with E-state index >= 15 is 0 Å². The van der Waals surface area contributed by atoms with Crippen LogP contribution in [0.5, 0.6) is 0 Å². The van der Waals surface area contributed by atoms with E-state index in [9.17, 15) is 13.2 Å². The Morgan fingerprint density at radius 1 is 1.60 bits per heavy atom. The molecule has 5 nitrogen and oxygen atoms in total. The molecule has 0 bridgehead atoms. The van der Waals surface area contributed by atoms with E-state index in [1.54, 1.807) is 0 Å². The SMILES string of the molecule is C#CCC(N)C(=O)N(C)CCS(C)(=O)=O. The van der Waals surface area contributed by atoms with Gasteiger partial charge >= 0.3 is 0 Å². The first-order valence-electron chi connectivity index (χ1n) is 4.39. The van der Waals surface area contributed by atoms with Crippen LogP contribution in [0.25, 0.3) is 0 Å². The second kappa shape index (κ2) is 5.73. The van der Waals surface area contributed by atoms with Crippen LogP contribution in [0, 0.1) is 12.3 Å². The molecular formula is C9H16N2O3S. The molecule has 6 heteroatoms. The lowest BCUT2D eigenvalue weighted by molar-refractivity contribution is -0.130. The minimum Gasteiger partial charge on any atom is -0.343 e. The van der Waals surface area contributed by atoms with Crippen molar-refractivity contribution in [2.24, 2.45) is 5.73 Å². The van der Waals surface area contributed by atoms with Gasteiger partial charge in [0.2, 0.25) is 5.91 Å². The van der Waals surface area contributed by atoms with E-state index in [0.717, 1.165) is 6.26 Å². The van der Waals surface area contributed by atoms with Gasteiger partial charge in [-0.2, -0.15) is 0 Å². The van der Waals surface area contributed by atoms with Crippen LogP contribution in [0.4, 0.5) is 0 Å². The van der Waals surface area contributed by atoms with Crippen LogP contribution >= 0.6 is 0 Å². The summed E-state index contributed by atoms with van der Waals surface area (Å²) in [5.41, 5.74) is 5.48. The van der Waals surface area contributed by atoms with E-state index in [2.05, 4.69) is 5.92 Å². The Bertz CT molecular complexity index is 356. The molecule has 0 radical (unpaired) electrons. The molecule has 0 rings (SSSR count). The second-order valence-electron chi connectivity index (χ2n) is 3.40. The van der Waals surface area contributed by atoms with Gasteiger partial charge < -0.3 is 10.6 Å². The molecule has 0 aromatic rings. The van der Waals surface area contributed by atoms with Crippen molar-refractivity contribution < 1.29 is 13.2 Å². The van der Waals surface area contributed by atoms with E-state index < -0.39 is 15.9 Å². The lowest BCUT2D eigenvalue weighted by Gasteiger charge is -2.19. The van der Waals surface area contributed by atoms with Crippen molar-refractivity contribution in [3.8, 4) is 12.3 Å². The molecule has 1 atom stereocenters.